The van der Waals surface area contributed by atoms with Crippen molar-refractivity contribution in [2.45, 2.75) is 92.1 Å². The van der Waals surface area contributed by atoms with E-state index in [1.807, 2.05) is 0 Å². The molecule has 2 saturated heterocycles. The van der Waals surface area contributed by atoms with Gasteiger partial charge >= 0.3 is 0 Å². The molecule has 10 heteroatoms. The van der Waals surface area contributed by atoms with Gasteiger partial charge in [0.2, 0.25) is 0 Å². The Morgan fingerprint density at radius 3 is 2.00 bits per heavy atom. The predicted octanol–water partition coefficient (Wildman–Crippen LogP) is 6.43. The third-order valence-electron chi connectivity index (χ3n) is 7.21. The fraction of sp³-hybridized carbons (Fsp3) is 0.897. The molecule has 3 fully saturated rings. The molecule has 4 unspecified atom stereocenters. The van der Waals surface area contributed by atoms with Crippen molar-refractivity contribution in [2.24, 2.45) is 4.99 Å². The Bertz CT molecular complexity index is 742. The van der Waals surface area contributed by atoms with E-state index in [1.54, 1.807) is 6.92 Å². The lowest BCUT2D eigenvalue weighted by Gasteiger charge is -2.34. The summed E-state index contributed by atoms with van der Waals surface area (Å²) in [5.74, 6) is 4.27. The van der Waals surface area contributed by atoms with E-state index in [4.69, 9.17) is 24.6 Å². The number of rotatable bonds is 16. The average Bonchev–Trinajstić information content (AvgIpc) is 3.20. The number of nitrogens with one attached hydrogen (secondary N) is 1. The highest BCUT2D eigenvalue weighted by atomic mass is 32.2. The third-order valence-corrected chi connectivity index (χ3v) is 13.7. The first-order valence-corrected chi connectivity index (χ1v) is 19.1. The molecule has 2 heterocycles. The van der Waals surface area contributed by atoms with E-state index in [9.17, 15) is 4.79 Å². The van der Waals surface area contributed by atoms with Crippen LogP contribution in [0.15, 0.2) is 4.99 Å². The molecular formula is C29H50N2O4S4. The van der Waals surface area contributed by atoms with Crippen LogP contribution in [0.1, 0.15) is 71.1 Å². The lowest BCUT2D eigenvalue weighted by molar-refractivity contribution is -0.117. The van der Waals surface area contributed by atoms with Crippen molar-refractivity contribution in [1.29, 1.82) is 5.41 Å². The van der Waals surface area contributed by atoms with Gasteiger partial charge in [0.05, 0.1) is 26.4 Å². The number of carbonyl (C=O) groups is 1. The summed E-state index contributed by atoms with van der Waals surface area (Å²) < 4.78 is 16.9. The van der Waals surface area contributed by atoms with Crippen molar-refractivity contribution >= 4 is 64.3 Å². The molecule has 3 rings (SSSR count). The Hall–Kier alpha value is 0.290. The first-order valence-electron chi connectivity index (χ1n) is 14.9. The molecular weight excluding hydrogens is 569 g/mol. The number of Topliss-reactive ketones (excluding diaryl/α,β-unsaturated/α-hetero) is 1. The highest BCUT2D eigenvalue weighted by molar-refractivity contribution is 8.08. The van der Waals surface area contributed by atoms with E-state index in [1.165, 1.54) is 37.8 Å². The van der Waals surface area contributed by atoms with Gasteiger partial charge in [-0.3, -0.25) is 4.99 Å². The maximum atomic E-state index is 10.9. The second kappa shape index (κ2) is 21.1. The minimum atomic E-state index is 0.270. The summed E-state index contributed by atoms with van der Waals surface area (Å²) in [6.07, 6.45) is 11.4. The number of thioether (sulfide) groups is 4. The second-order valence-electron chi connectivity index (χ2n) is 10.6. The highest BCUT2D eigenvalue weighted by Crippen LogP contribution is 2.45. The topological polar surface area (TPSA) is 81.0 Å². The normalized spacial score (nSPS) is 27.5. The summed E-state index contributed by atoms with van der Waals surface area (Å²) >= 11 is 8.48. The summed E-state index contributed by atoms with van der Waals surface area (Å²) in [5, 5.41) is 11.0. The molecule has 0 amide bonds. The van der Waals surface area contributed by atoms with Crippen LogP contribution in [0, 0.1) is 5.41 Å². The number of ether oxygens (including phenoxy) is 3. The van der Waals surface area contributed by atoms with Gasteiger partial charge in [-0.25, -0.2) is 0 Å². The van der Waals surface area contributed by atoms with Crippen LogP contribution in [0.5, 0.6) is 0 Å². The summed E-state index contributed by atoms with van der Waals surface area (Å²) in [5.41, 5.74) is 2.29. The molecule has 6 nitrogen and oxygen atoms in total. The molecule has 0 bridgehead atoms. The molecule has 1 aliphatic carbocycles. The van der Waals surface area contributed by atoms with Crippen LogP contribution in [0.2, 0.25) is 0 Å². The molecule has 224 valence electrons. The van der Waals surface area contributed by atoms with Gasteiger partial charge in [0, 0.05) is 81.6 Å². The summed E-state index contributed by atoms with van der Waals surface area (Å²) in [6.45, 7) is 6.40. The zero-order chi connectivity index (χ0) is 27.5. The number of hydrogen-bond donors (Lipinski definition) is 1. The van der Waals surface area contributed by atoms with Gasteiger partial charge in [0.25, 0.3) is 0 Å². The molecule has 2 aliphatic heterocycles. The van der Waals surface area contributed by atoms with E-state index in [2.05, 4.69) is 47.0 Å². The fourth-order valence-corrected chi connectivity index (χ4v) is 12.0. The fourth-order valence-electron chi connectivity index (χ4n) is 5.06. The number of unbranched alkanes of at least 4 members (excludes halogenated alkanes) is 2. The lowest BCUT2D eigenvalue weighted by atomic mass is 10.1. The number of aliphatic imine (C=N–C) groups is 1. The Kier molecular flexibility index (Phi) is 18.2. The van der Waals surface area contributed by atoms with Crippen LogP contribution < -0.4 is 0 Å². The van der Waals surface area contributed by atoms with Crippen molar-refractivity contribution in [3.05, 3.63) is 0 Å². The molecule has 39 heavy (non-hydrogen) atoms. The number of nitrogens with zero attached hydrogens (tertiary/aromatic N) is 1. The van der Waals surface area contributed by atoms with Crippen LogP contribution in [0.4, 0.5) is 0 Å². The quantitative estimate of drug-likeness (QED) is 0.198. The minimum Gasteiger partial charge on any atom is -0.379 e. The first-order chi connectivity index (χ1) is 19.1. The van der Waals surface area contributed by atoms with E-state index >= 15 is 0 Å². The van der Waals surface area contributed by atoms with Crippen molar-refractivity contribution in [3.8, 4) is 0 Å². The SMILES string of the molecule is CC(=O)CCCCCOCCOCCOCCC/N=C1/CSC2CCCCCC3SCC(=N)CSC3C2SC1. The van der Waals surface area contributed by atoms with Crippen LogP contribution in [-0.2, 0) is 19.0 Å². The Morgan fingerprint density at radius 2 is 1.31 bits per heavy atom. The molecule has 0 aromatic heterocycles. The van der Waals surface area contributed by atoms with Gasteiger partial charge in [-0.2, -0.15) is 47.0 Å². The smallest absolute Gasteiger partial charge is 0.129 e. The zero-order valence-electron chi connectivity index (χ0n) is 23.9. The van der Waals surface area contributed by atoms with E-state index < -0.39 is 0 Å². The predicted molar refractivity (Wildman–Crippen MR) is 174 cm³/mol. The van der Waals surface area contributed by atoms with Crippen LogP contribution in [-0.4, -0.2) is 107 Å². The van der Waals surface area contributed by atoms with Crippen LogP contribution >= 0.6 is 47.0 Å². The number of fused-ring (bicyclic) bond motifs is 3. The number of hydrogen-bond acceptors (Lipinski definition) is 10. The van der Waals surface area contributed by atoms with Crippen molar-refractivity contribution in [1.82, 2.24) is 0 Å². The number of ketones is 1. The molecule has 3 aliphatic rings. The third kappa shape index (κ3) is 14.3. The number of carbonyl (C=O) groups excluding carboxylic acids is 1. The van der Waals surface area contributed by atoms with Gasteiger partial charge in [0.15, 0.2) is 0 Å². The summed E-state index contributed by atoms with van der Waals surface area (Å²) in [6, 6.07) is 0. The Labute approximate surface area is 254 Å². The van der Waals surface area contributed by atoms with Gasteiger partial charge in [-0.1, -0.05) is 25.7 Å². The monoisotopic (exact) mass is 618 g/mol. The molecule has 1 saturated carbocycles. The molecule has 4 atom stereocenters. The largest absolute Gasteiger partial charge is 0.379 e. The van der Waals surface area contributed by atoms with Crippen LogP contribution in [0.25, 0.3) is 0 Å². The molecule has 0 aromatic rings. The van der Waals surface area contributed by atoms with Crippen LogP contribution in [0.3, 0.4) is 0 Å². The maximum absolute atomic E-state index is 10.9. The average molecular weight is 619 g/mol. The van der Waals surface area contributed by atoms with Gasteiger partial charge in [-0.15, -0.1) is 0 Å². The molecule has 0 spiro atoms. The van der Waals surface area contributed by atoms with E-state index in [-0.39, 0.29) is 5.78 Å². The van der Waals surface area contributed by atoms with Crippen molar-refractivity contribution in [2.75, 3.05) is 69.2 Å². The van der Waals surface area contributed by atoms with E-state index in [0.29, 0.717) is 48.6 Å². The van der Waals surface area contributed by atoms with Gasteiger partial charge in [0.1, 0.15) is 5.78 Å². The van der Waals surface area contributed by atoms with Crippen molar-refractivity contribution < 1.29 is 19.0 Å². The summed E-state index contributed by atoms with van der Waals surface area (Å²) in [7, 11) is 0. The maximum Gasteiger partial charge on any atom is 0.129 e. The lowest BCUT2D eigenvalue weighted by Crippen LogP contribution is -2.37. The van der Waals surface area contributed by atoms with Crippen molar-refractivity contribution in [3.63, 3.8) is 0 Å². The minimum absolute atomic E-state index is 0.270. The molecule has 0 aromatic carbocycles. The zero-order valence-corrected chi connectivity index (χ0v) is 27.1. The van der Waals surface area contributed by atoms with Gasteiger partial charge in [-0.05, 0) is 39.0 Å². The second-order valence-corrected chi connectivity index (χ2v) is 15.4. The first kappa shape index (κ1) is 33.8. The molecule has 1 N–H and O–H groups in total. The molecule has 0 radical (unpaired) electrons. The van der Waals surface area contributed by atoms with Gasteiger partial charge < -0.3 is 24.4 Å². The standard InChI is InChI=1S/C29H50N2O4S4/c1-23(32)9-4-3-7-13-33-15-17-35-18-16-34-14-8-12-31-25-21-37-27-11-6-2-5-10-26-28(29(27)39-22-25)38-20-24(30)19-36-26/h26-30H,2-22H2,1H3/b30-24?,31-25-. The summed E-state index contributed by atoms with van der Waals surface area (Å²) in [4.78, 5) is 15.9. The van der Waals surface area contributed by atoms with E-state index in [0.717, 1.165) is 79.4 Å². The Morgan fingerprint density at radius 1 is 0.744 bits per heavy atom. The highest BCUT2D eigenvalue weighted by Gasteiger charge is 2.39. The Balaban J connectivity index is 1.24.